The maximum Gasteiger partial charge on any atom is 0.334 e. The van der Waals surface area contributed by atoms with Crippen LogP contribution in [0.3, 0.4) is 0 Å². The molecule has 98 valence electrons. The Labute approximate surface area is 107 Å². The lowest BCUT2D eigenvalue weighted by molar-refractivity contribution is -0.137. The SMILES string of the molecule is CCCOc1ccc(/C(O)=C/C(=O)OCC)cc1. The molecule has 1 N–H and O–H groups in total. The summed E-state index contributed by atoms with van der Waals surface area (Å²) in [7, 11) is 0. The molecule has 1 aromatic rings. The average molecular weight is 250 g/mol. The van der Waals surface area contributed by atoms with Gasteiger partial charge in [-0.05, 0) is 37.6 Å². The van der Waals surface area contributed by atoms with Gasteiger partial charge in [-0.15, -0.1) is 0 Å². The minimum Gasteiger partial charge on any atom is -0.507 e. The molecule has 0 saturated heterocycles. The normalized spacial score (nSPS) is 11.1. The summed E-state index contributed by atoms with van der Waals surface area (Å²) < 4.78 is 10.1. The van der Waals surface area contributed by atoms with Crippen LogP contribution in [0.25, 0.3) is 5.76 Å². The van der Waals surface area contributed by atoms with Crippen LogP contribution < -0.4 is 4.74 Å². The number of hydrogen-bond acceptors (Lipinski definition) is 4. The molecular formula is C14H18O4. The van der Waals surface area contributed by atoms with Crippen molar-refractivity contribution in [2.45, 2.75) is 20.3 Å². The molecular weight excluding hydrogens is 232 g/mol. The molecule has 1 rings (SSSR count). The molecule has 1 aromatic carbocycles. The van der Waals surface area contributed by atoms with Crippen molar-refractivity contribution >= 4 is 11.7 Å². The Morgan fingerprint density at radius 2 is 1.94 bits per heavy atom. The van der Waals surface area contributed by atoms with Crippen molar-refractivity contribution in [3.8, 4) is 5.75 Å². The van der Waals surface area contributed by atoms with E-state index in [9.17, 15) is 9.90 Å². The van der Waals surface area contributed by atoms with E-state index in [4.69, 9.17) is 9.47 Å². The minimum absolute atomic E-state index is 0.115. The van der Waals surface area contributed by atoms with E-state index in [0.717, 1.165) is 18.2 Å². The molecule has 0 radical (unpaired) electrons. The van der Waals surface area contributed by atoms with Gasteiger partial charge in [0.05, 0.1) is 19.3 Å². The second-order valence-corrected chi connectivity index (χ2v) is 3.65. The second-order valence-electron chi connectivity index (χ2n) is 3.65. The Kier molecular flexibility index (Phi) is 5.77. The van der Waals surface area contributed by atoms with E-state index in [1.807, 2.05) is 6.92 Å². The van der Waals surface area contributed by atoms with Crippen LogP contribution in [-0.2, 0) is 9.53 Å². The zero-order valence-electron chi connectivity index (χ0n) is 10.7. The van der Waals surface area contributed by atoms with Gasteiger partial charge in [-0.25, -0.2) is 4.79 Å². The lowest BCUT2D eigenvalue weighted by Gasteiger charge is -2.05. The molecule has 0 atom stereocenters. The first kappa shape index (κ1) is 14.1. The molecule has 0 bridgehead atoms. The molecule has 0 aromatic heterocycles. The largest absolute Gasteiger partial charge is 0.507 e. The number of benzene rings is 1. The Balaban J connectivity index is 2.69. The quantitative estimate of drug-likeness (QED) is 0.479. The van der Waals surface area contributed by atoms with E-state index in [0.29, 0.717) is 12.2 Å². The zero-order valence-corrected chi connectivity index (χ0v) is 10.7. The molecule has 0 spiro atoms. The van der Waals surface area contributed by atoms with Crippen molar-refractivity contribution in [3.63, 3.8) is 0 Å². The number of esters is 1. The van der Waals surface area contributed by atoms with E-state index >= 15 is 0 Å². The smallest absolute Gasteiger partial charge is 0.334 e. The van der Waals surface area contributed by atoms with Crippen LogP contribution in [0.5, 0.6) is 5.75 Å². The highest BCUT2D eigenvalue weighted by atomic mass is 16.5. The lowest BCUT2D eigenvalue weighted by atomic mass is 10.2. The Morgan fingerprint density at radius 3 is 2.50 bits per heavy atom. The van der Waals surface area contributed by atoms with E-state index in [1.54, 1.807) is 31.2 Å². The summed E-state index contributed by atoms with van der Waals surface area (Å²) in [5, 5.41) is 9.70. The van der Waals surface area contributed by atoms with Crippen LogP contribution in [0.15, 0.2) is 30.3 Å². The fourth-order valence-corrected chi connectivity index (χ4v) is 1.32. The van der Waals surface area contributed by atoms with Crippen molar-refractivity contribution in [3.05, 3.63) is 35.9 Å². The average Bonchev–Trinajstić information content (AvgIpc) is 2.37. The topological polar surface area (TPSA) is 55.8 Å². The Hall–Kier alpha value is -1.97. The van der Waals surface area contributed by atoms with Gasteiger partial charge in [0.25, 0.3) is 0 Å². The molecule has 4 nitrogen and oxygen atoms in total. The monoisotopic (exact) mass is 250 g/mol. The number of carbonyl (C=O) groups excluding carboxylic acids is 1. The van der Waals surface area contributed by atoms with Crippen LogP contribution in [0, 0.1) is 0 Å². The Bertz CT molecular complexity index is 406. The first-order chi connectivity index (χ1) is 8.67. The second kappa shape index (κ2) is 7.37. The van der Waals surface area contributed by atoms with Crippen molar-refractivity contribution < 1.29 is 19.4 Å². The van der Waals surface area contributed by atoms with Gasteiger partial charge in [0.2, 0.25) is 0 Å². The van der Waals surface area contributed by atoms with E-state index in [1.165, 1.54) is 0 Å². The molecule has 0 saturated carbocycles. The summed E-state index contributed by atoms with van der Waals surface area (Å²) in [6.07, 6.45) is 2.00. The highest BCUT2D eigenvalue weighted by Gasteiger charge is 2.04. The van der Waals surface area contributed by atoms with Crippen LogP contribution in [0.4, 0.5) is 0 Å². The van der Waals surface area contributed by atoms with Crippen molar-refractivity contribution in [2.24, 2.45) is 0 Å². The molecule has 0 aliphatic rings. The number of ether oxygens (including phenoxy) is 2. The fraction of sp³-hybridized carbons (Fsp3) is 0.357. The van der Waals surface area contributed by atoms with Gasteiger partial charge < -0.3 is 14.6 Å². The highest BCUT2D eigenvalue weighted by molar-refractivity contribution is 5.89. The first-order valence-electron chi connectivity index (χ1n) is 5.98. The van der Waals surface area contributed by atoms with E-state index < -0.39 is 5.97 Å². The fourth-order valence-electron chi connectivity index (χ4n) is 1.32. The molecule has 0 fully saturated rings. The predicted octanol–water partition coefficient (Wildman–Crippen LogP) is 2.94. The van der Waals surface area contributed by atoms with Crippen molar-refractivity contribution in [1.82, 2.24) is 0 Å². The zero-order chi connectivity index (χ0) is 13.4. The van der Waals surface area contributed by atoms with Gasteiger partial charge in [-0.3, -0.25) is 0 Å². The molecule has 0 heterocycles. The van der Waals surface area contributed by atoms with Crippen LogP contribution >= 0.6 is 0 Å². The van der Waals surface area contributed by atoms with Crippen LogP contribution in [-0.4, -0.2) is 24.3 Å². The third-order valence-corrected chi connectivity index (χ3v) is 2.16. The van der Waals surface area contributed by atoms with Gasteiger partial charge >= 0.3 is 5.97 Å². The van der Waals surface area contributed by atoms with Gasteiger partial charge in [0.15, 0.2) is 0 Å². The first-order valence-corrected chi connectivity index (χ1v) is 5.98. The number of carbonyl (C=O) groups is 1. The maximum absolute atomic E-state index is 11.2. The third-order valence-electron chi connectivity index (χ3n) is 2.16. The van der Waals surface area contributed by atoms with Gasteiger partial charge in [0.1, 0.15) is 11.5 Å². The Morgan fingerprint density at radius 1 is 1.28 bits per heavy atom. The maximum atomic E-state index is 11.2. The number of rotatable bonds is 6. The number of aliphatic hydroxyl groups is 1. The summed E-state index contributed by atoms with van der Waals surface area (Å²) >= 11 is 0. The standard InChI is InChI=1S/C14H18O4/c1-3-9-18-12-7-5-11(6-8-12)13(15)10-14(16)17-4-2/h5-8,10,15H,3-4,9H2,1-2H3/b13-10-. The lowest BCUT2D eigenvalue weighted by Crippen LogP contribution is -2.01. The van der Waals surface area contributed by atoms with Gasteiger partial charge in [0, 0.05) is 5.56 Å². The summed E-state index contributed by atoms with van der Waals surface area (Å²) in [5.41, 5.74) is 0.548. The van der Waals surface area contributed by atoms with E-state index in [-0.39, 0.29) is 12.4 Å². The van der Waals surface area contributed by atoms with Gasteiger partial charge in [-0.1, -0.05) is 6.92 Å². The summed E-state index contributed by atoms with van der Waals surface area (Å²) in [6, 6.07) is 6.88. The highest BCUT2D eigenvalue weighted by Crippen LogP contribution is 2.17. The summed E-state index contributed by atoms with van der Waals surface area (Å²) in [5.74, 6) is 0.0707. The predicted molar refractivity (Wildman–Crippen MR) is 69.5 cm³/mol. The molecule has 18 heavy (non-hydrogen) atoms. The van der Waals surface area contributed by atoms with Crippen molar-refractivity contribution in [2.75, 3.05) is 13.2 Å². The number of aliphatic hydroxyl groups excluding tert-OH is 1. The molecule has 0 aliphatic heterocycles. The van der Waals surface area contributed by atoms with Crippen LogP contribution in [0.2, 0.25) is 0 Å². The van der Waals surface area contributed by atoms with Crippen molar-refractivity contribution in [1.29, 1.82) is 0 Å². The van der Waals surface area contributed by atoms with E-state index in [2.05, 4.69) is 0 Å². The molecule has 0 unspecified atom stereocenters. The van der Waals surface area contributed by atoms with Gasteiger partial charge in [-0.2, -0.15) is 0 Å². The molecule has 0 amide bonds. The summed E-state index contributed by atoms with van der Waals surface area (Å²) in [6.45, 7) is 4.68. The number of hydrogen-bond donors (Lipinski definition) is 1. The molecule has 0 aliphatic carbocycles. The summed E-state index contributed by atoms with van der Waals surface area (Å²) in [4.78, 5) is 11.2. The minimum atomic E-state index is -0.554. The molecule has 4 heteroatoms. The van der Waals surface area contributed by atoms with Crippen LogP contribution in [0.1, 0.15) is 25.8 Å². The third kappa shape index (κ3) is 4.49.